The van der Waals surface area contributed by atoms with Gasteiger partial charge in [-0.25, -0.2) is 9.97 Å². The van der Waals surface area contributed by atoms with Crippen molar-refractivity contribution in [3.8, 4) is 22.5 Å². The van der Waals surface area contributed by atoms with Crippen molar-refractivity contribution in [2.45, 2.75) is 39.3 Å². The molecular formula is C27H29N5O2. The van der Waals surface area contributed by atoms with Gasteiger partial charge in [0.2, 0.25) is 0 Å². The van der Waals surface area contributed by atoms with Crippen LogP contribution in [0.25, 0.3) is 28.2 Å². The topological polar surface area (TPSA) is 91.5 Å². The van der Waals surface area contributed by atoms with E-state index in [0.717, 1.165) is 53.1 Å². The summed E-state index contributed by atoms with van der Waals surface area (Å²) in [5, 5.41) is 16.0. The quantitative estimate of drug-likeness (QED) is 0.363. The number of imidazole rings is 1. The van der Waals surface area contributed by atoms with Gasteiger partial charge in [0.05, 0.1) is 24.2 Å². The van der Waals surface area contributed by atoms with E-state index in [2.05, 4.69) is 29.5 Å². The molecule has 2 heterocycles. The summed E-state index contributed by atoms with van der Waals surface area (Å²) in [5.74, 6) is 1.14. The lowest BCUT2D eigenvalue weighted by Gasteiger charge is -2.13. The first-order valence-electron chi connectivity index (χ1n) is 11.8. The van der Waals surface area contributed by atoms with E-state index >= 15 is 0 Å². The molecule has 34 heavy (non-hydrogen) atoms. The molecule has 0 atom stereocenters. The molecule has 0 saturated heterocycles. The Morgan fingerprint density at radius 1 is 1.15 bits per heavy atom. The average Bonchev–Trinajstić information content (AvgIpc) is 3.57. The zero-order valence-electron chi connectivity index (χ0n) is 19.5. The smallest absolute Gasteiger partial charge is 0.251 e. The van der Waals surface area contributed by atoms with E-state index in [1.807, 2.05) is 65.3 Å². The number of carbonyl (C=O) groups excluding carboxylic acids is 1. The van der Waals surface area contributed by atoms with Crippen LogP contribution in [-0.2, 0) is 6.61 Å². The molecule has 1 aliphatic carbocycles. The Hall–Kier alpha value is -3.71. The maximum Gasteiger partial charge on any atom is 0.251 e. The number of amides is 1. The Bertz CT molecular complexity index is 1320. The van der Waals surface area contributed by atoms with E-state index in [1.54, 1.807) is 0 Å². The summed E-state index contributed by atoms with van der Waals surface area (Å²) in [6, 6.07) is 15.7. The standard InChI is InChI=1S/C27H29N5O2/c1-17(2)13-28-25-26-29-14-24(19-6-8-20(9-7-19)27(34)30-22-10-11-22)32(26)15-23(31-25)21-5-3-4-18(12-21)16-33/h3-9,12,14-15,17,22,33H,10-11,13,16H2,1-2H3,(H,28,31)(H,30,34). The van der Waals surface area contributed by atoms with E-state index in [-0.39, 0.29) is 12.5 Å². The molecule has 174 valence electrons. The van der Waals surface area contributed by atoms with E-state index in [0.29, 0.717) is 23.3 Å². The van der Waals surface area contributed by atoms with Crippen LogP contribution in [0.15, 0.2) is 60.9 Å². The first-order valence-corrected chi connectivity index (χ1v) is 11.8. The normalized spacial score (nSPS) is 13.4. The van der Waals surface area contributed by atoms with Crippen molar-refractivity contribution in [2.75, 3.05) is 11.9 Å². The highest BCUT2D eigenvalue weighted by Crippen LogP contribution is 2.29. The molecule has 0 bridgehead atoms. The molecule has 0 aliphatic heterocycles. The van der Waals surface area contributed by atoms with E-state index in [1.165, 1.54) is 0 Å². The second-order valence-electron chi connectivity index (χ2n) is 9.27. The molecular weight excluding hydrogens is 426 g/mol. The summed E-state index contributed by atoms with van der Waals surface area (Å²) in [7, 11) is 0. The van der Waals surface area contributed by atoms with Crippen LogP contribution in [0.2, 0.25) is 0 Å². The van der Waals surface area contributed by atoms with Crippen LogP contribution in [0.4, 0.5) is 5.82 Å². The second kappa shape index (κ2) is 9.27. The van der Waals surface area contributed by atoms with Crippen molar-refractivity contribution < 1.29 is 9.90 Å². The predicted molar refractivity (Wildman–Crippen MR) is 134 cm³/mol. The van der Waals surface area contributed by atoms with Crippen LogP contribution in [0, 0.1) is 5.92 Å². The minimum Gasteiger partial charge on any atom is -0.392 e. The van der Waals surface area contributed by atoms with Gasteiger partial charge < -0.3 is 15.7 Å². The number of carbonyl (C=O) groups is 1. The molecule has 0 radical (unpaired) electrons. The minimum atomic E-state index is -0.0254. The third-order valence-corrected chi connectivity index (χ3v) is 5.93. The summed E-state index contributed by atoms with van der Waals surface area (Å²) in [6.45, 7) is 5.05. The van der Waals surface area contributed by atoms with Crippen molar-refractivity contribution in [1.82, 2.24) is 19.7 Å². The second-order valence-corrected chi connectivity index (χ2v) is 9.27. The lowest BCUT2D eigenvalue weighted by Crippen LogP contribution is -2.25. The van der Waals surface area contributed by atoms with Gasteiger partial charge in [0.1, 0.15) is 0 Å². The predicted octanol–water partition coefficient (Wildman–Crippen LogP) is 4.52. The summed E-state index contributed by atoms with van der Waals surface area (Å²) < 4.78 is 2.04. The molecule has 3 N–H and O–H groups in total. The number of benzene rings is 2. The Morgan fingerprint density at radius 3 is 2.65 bits per heavy atom. The molecule has 4 aromatic rings. The minimum absolute atomic E-state index is 0.0223. The fraction of sp³-hybridized carbons (Fsp3) is 0.296. The molecule has 7 nitrogen and oxygen atoms in total. The van der Waals surface area contributed by atoms with Crippen molar-refractivity contribution in [1.29, 1.82) is 0 Å². The van der Waals surface area contributed by atoms with Gasteiger partial charge >= 0.3 is 0 Å². The molecule has 5 rings (SSSR count). The summed E-state index contributed by atoms with van der Waals surface area (Å²) in [6.07, 6.45) is 5.94. The van der Waals surface area contributed by atoms with Gasteiger partial charge in [0, 0.05) is 35.5 Å². The highest BCUT2D eigenvalue weighted by Gasteiger charge is 2.23. The van der Waals surface area contributed by atoms with Gasteiger partial charge in [-0.1, -0.05) is 44.2 Å². The first-order chi connectivity index (χ1) is 16.5. The van der Waals surface area contributed by atoms with Gasteiger partial charge in [-0.2, -0.15) is 0 Å². The number of fused-ring (bicyclic) bond motifs is 1. The zero-order valence-corrected chi connectivity index (χ0v) is 19.5. The molecule has 0 spiro atoms. The molecule has 2 aromatic heterocycles. The van der Waals surface area contributed by atoms with Gasteiger partial charge in [0.25, 0.3) is 5.91 Å². The summed E-state index contributed by atoms with van der Waals surface area (Å²) >= 11 is 0. The molecule has 1 fully saturated rings. The highest BCUT2D eigenvalue weighted by molar-refractivity contribution is 5.95. The fourth-order valence-electron chi connectivity index (χ4n) is 3.88. The lowest BCUT2D eigenvalue weighted by atomic mass is 10.1. The van der Waals surface area contributed by atoms with Gasteiger partial charge in [-0.3, -0.25) is 9.20 Å². The highest BCUT2D eigenvalue weighted by atomic mass is 16.3. The molecule has 1 aliphatic rings. The van der Waals surface area contributed by atoms with Crippen LogP contribution in [0.1, 0.15) is 42.6 Å². The lowest BCUT2D eigenvalue weighted by molar-refractivity contribution is 0.0951. The molecule has 2 aromatic carbocycles. The average molecular weight is 456 g/mol. The van der Waals surface area contributed by atoms with Crippen LogP contribution in [0.5, 0.6) is 0 Å². The molecule has 1 saturated carbocycles. The Morgan fingerprint density at radius 2 is 1.94 bits per heavy atom. The van der Waals surface area contributed by atoms with Crippen LogP contribution in [0.3, 0.4) is 0 Å². The van der Waals surface area contributed by atoms with Crippen LogP contribution >= 0.6 is 0 Å². The first kappa shape index (κ1) is 22.1. The maximum atomic E-state index is 12.4. The van der Waals surface area contributed by atoms with Gasteiger partial charge in [-0.05, 0) is 42.5 Å². The number of aliphatic hydroxyl groups excluding tert-OH is 1. The van der Waals surface area contributed by atoms with Crippen molar-refractivity contribution in [2.24, 2.45) is 5.92 Å². The van der Waals surface area contributed by atoms with Crippen molar-refractivity contribution >= 4 is 17.4 Å². The number of aliphatic hydroxyl groups is 1. The number of nitrogens with zero attached hydrogens (tertiary/aromatic N) is 3. The van der Waals surface area contributed by atoms with Gasteiger partial charge in [-0.15, -0.1) is 0 Å². The Labute approximate surface area is 198 Å². The number of hydrogen-bond donors (Lipinski definition) is 3. The van der Waals surface area contributed by atoms with E-state index in [4.69, 9.17) is 4.98 Å². The van der Waals surface area contributed by atoms with Crippen molar-refractivity contribution in [3.63, 3.8) is 0 Å². The fourth-order valence-corrected chi connectivity index (χ4v) is 3.88. The van der Waals surface area contributed by atoms with Crippen molar-refractivity contribution in [3.05, 3.63) is 72.1 Å². The van der Waals surface area contributed by atoms with E-state index < -0.39 is 0 Å². The Kier molecular flexibility index (Phi) is 6.02. The maximum absolute atomic E-state index is 12.4. The Balaban J connectivity index is 1.55. The third kappa shape index (κ3) is 4.65. The zero-order chi connectivity index (χ0) is 23.7. The molecule has 7 heteroatoms. The number of aromatic nitrogens is 3. The van der Waals surface area contributed by atoms with Crippen LogP contribution in [-0.4, -0.2) is 38.0 Å². The number of anilines is 1. The summed E-state index contributed by atoms with van der Waals surface area (Å²) in [5.41, 5.74) is 5.83. The van der Waals surface area contributed by atoms with Gasteiger partial charge in [0.15, 0.2) is 11.5 Å². The number of nitrogens with one attached hydrogen (secondary N) is 2. The largest absolute Gasteiger partial charge is 0.392 e. The van der Waals surface area contributed by atoms with E-state index in [9.17, 15) is 9.90 Å². The number of hydrogen-bond acceptors (Lipinski definition) is 5. The third-order valence-electron chi connectivity index (χ3n) is 5.93. The van der Waals surface area contributed by atoms with Crippen LogP contribution < -0.4 is 10.6 Å². The molecule has 1 amide bonds. The SMILES string of the molecule is CC(C)CNc1nc(-c2cccc(CO)c2)cn2c(-c3ccc(C(=O)NC4CC4)cc3)cnc12. The molecule has 0 unspecified atom stereocenters. The monoisotopic (exact) mass is 455 g/mol. The summed E-state index contributed by atoms with van der Waals surface area (Å²) in [4.78, 5) is 21.9. The number of rotatable bonds is 8.